The number of ether oxygens (including phenoxy) is 2. The Bertz CT molecular complexity index is 1370. The number of carboxylic acid groups (broad SMARTS) is 1. The van der Waals surface area contributed by atoms with Gasteiger partial charge in [0.05, 0.1) is 31.3 Å². The minimum atomic E-state index is -1.10. The highest BCUT2D eigenvalue weighted by molar-refractivity contribution is 9.10. The molecule has 1 amide bonds. The van der Waals surface area contributed by atoms with E-state index in [1.165, 1.54) is 25.7 Å². The fourth-order valence-corrected chi connectivity index (χ4v) is 5.08. The number of nitrogens with one attached hydrogen (secondary N) is 1. The minimum absolute atomic E-state index is 0.0294. The zero-order chi connectivity index (χ0) is 27.9. The molecule has 1 heterocycles. The van der Waals surface area contributed by atoms with Gasteiger partial charge >= 0.3 is 5.97 Å². The highest BCUT2D eigenvalue weighted by Gasteiger charge is 2.24. The largest absolute Gasteiger partial charge is 0.497 e. The standard InChI is InChI=1S/C30H32BrN3O5/c1-20-8-7-9-26(33-16-5-4-6-17-33)29(20)34(32-22-11-13-23(38-2)14-12-22)28(35)15-10-21-18-27(39-3)24(30(36)37)19-25(21)31/h7-15,18-19,32H,4-6,16-17H2,1-3H3,(H,36,37)/b15-10+. The quantitative estimate of drug-likeness (QED) is 0.215. The molecule has 1 fully saturated rings. The van der Waals surface area contributed by atoms with Crippen molar-refractivity contribution in [2.45, 2.75) is 26.2 Å². The van der Waals surface area contributed by atoms with Crippen molar-refractivity contribution < 1.29 is 24.2 Å². The Morgan fingerprint density at radius 3 is 2.38 bits per heavy atom. The van der Waals surface area contributed by atoms with Gasteiger partial charge in [0.2, 0.25) is 0 Å². The number of aromatic carboxylic acids is 1. The third-order valence-electron chi connectivity index (χ3n) is 6.64. The van der Waals surface area contributed by atoms with E-state index in [-0.39, 0.29) is 17.2 Å². The number of benzene rings is 3. The Balaban J connectivity index is 1.74. The van der Waals surface area contributed by atoms with Crippen LogP contribution in [0.5, 0.6) is 11.5 Å². The lowest BCUT2D eigenvalue weighted by molar-refractivity contribution is -0.113. The van der Waals surface area contributed by atoms with Crippen LogP contribution < -0.4 is 24.8 Å². The maximum absolute atomic E-state index is 13.9. The number of carbonyl (C=O) groups excluding carboxylic acids is 1. The van der Waals surface area contributed by atoms with Crippen LogP contribution in [-0.4, -0.2) is 44.3 Å². The van der Waals surface area contributed by atoms with Gasteiger partial charge in [-0.05, 0) is 85.9 Å². The summed E-state index contributed by atoms with van der Waals surface area (Å²) in [6.45, 7) is 3.85. The molecule has 3 aromatic rings. The van der Waals surface area contributed by atoms with E-state index >= 15 is 0 Å². The number of hydrazine groups is 1. The first-order valence-corrected chi connectivity index (χ1v) is 13.5. The third kappa shape index (κ3) is 6.54. The molecule has 4 rings (SSSR count). The first kappa shape index (κ1) is 28.0. The zero-order valence-electron chi connectivity index (χ0n) is 22.2. The SMILES string of the molecule is COc1ccc(NN(C(=O)/C=C/c2cc(OC)c(C(=O)O)cc2Br)c2c(C)cccc2N2CCCCC2)cc1. The lowest BCUT2D eigenvalue weighted by Gasteiger charge is -2.34. The van der Waals surface area contributed by atoms with Gasteiger partial charge < -0.3 is 19.5 Å². The second kappa shape index (κ2) is 12.7. The summed E-state index contributed by atoms with van der Waals surface area (Å²) >= 11 is 3.42. The van der Waals surface area contributed by atoms with Crippen LogP contribution in [0.25, 0.3) is 6.08 Å². The van der Waals surface area contributed by atoms with Crippen LogP contribution in [0.1, 0.15) is 40.7 Å². The van der Waals surface area contributed by atoms with Crippen molar-refractivity contribution in [2.75, 3.05) is 42.6 Å². The summed E-state index contributed by atoms with van der Waals surface area (Å²) in [7, 11) is 3.02. The summed E-state index contributed by atoms with van der Waals surface area (Å²) in [5.74, 6) is -0.477. The second-order valence-electron chi connectivity index (χ2n) is 9.22. The lowest BCUT2D eigenvalue weighted by Crippen LogP contribution is -2.38. The Hall–Kier alpha value is -3.98. The maximum Gasteiger partial charge on any atom is 0.339 e. The van der Waals surface area contributed by atoms with Gasteiger partial charge in [-0.2, -0.15) is 0 Å². The van der Waals surface area contributed by atoms with Gasteiger partial charge in [0.1, 0.15) is 17.1 Å². The molecule has 1 saturated heterocycles. The molecular formula is C30H32BrN3O5. The van der Waals surface area contributed by atoms with Crippen molar-refractivity contribution in [3.05, 3.63) is 81.8 Å². The minimum Gasteiger partial charge on any atom is -0.497 e. The average Bonchev–Trinajstić information content (AvgIpc) is 2.95. The molecule has 0 aliphatic carbocycles. The Kier molecular flexibility index (Phi) is 9.14. The van der Waals surface area contributed by atoms with E-state index in [1.807, 2.05) is 43.3 Å². The van der Waals surface area contributed by atoms with Crippen molar-refractivity contribution in [2.24, 2.45) is 0 Å². The maximum atomic E-state index is 13.9. The molecule has 2 N–H and O–H groups in total. The summed E-state index contributed by atoms with van der Waals surface area (Å²) in [6, 6.07) is 16.5. The molecule has 0 unspecified atom stereocenters. The summed E-state index contributed by atoms with van der Waals surface area (Å²) in [6.07, 6.45) is 6.52. The van der Waals surface area contributed by atoms with E-state index in [9.17, 15) is 14.7 Å². The van der Waals surface area contributed by atoms with Crippen molar-refractivity contribution in [1.29, 1.82) is 0 Å². The predicted molar refractivity (Wildman–Crippen MR) is 158 cm³/mol. The van der Waals surface area contributed by atoms with Gasteiger partial charge in [-0.3, -0.25) is 10.2 Å². The van der Waals surface area contributed by atoms with Gasteiger partial charge in [-0.25, -0.2) is 9.80 Å². The number of para-hydroxylation sites is 1. The molecule has 0 radical (unpaired) electrons. The smallest absolute Gasteiger partial charge is 0.339 e. The zero-order valence-corrected chi connectivity index (χ0v) is 23.8. The molecule has 0 bridgehead atoms. The van der Waals surface area contributed by atoms with Crippen LogP contribution in [0.4, 0.5) is 17.1 Å². The van der Waals surface area contributed by atoms with E-state index in [2.05, 4.69) is 32.3 Å². The summed E-state index contributed by atoms with van der Waals surface area (Å²) in [5, 5.41) is 11.0. The molecule has 204 valence electrons. The van der Waals surface area contributed by atoms with Crippen LogP contribution in [-0.2, 0) is 4.79 Å². The van der Waals surface area contributed by atoms with Crippen LogP contribution in [0.3, 0.4) is 0 Å². The van der Waals surface area contributed by atoms with E-state index in [0.29, 0.717) is 15.8 Å². The van der Waals surface area contributed by atoms with Crippen LogP contribution in [0, 0.1) is 6.92 Å². The van der Waals surface area contributed by atoms with Gasteiger partial charge in [-0.1, -0.05) is 28.1 Å². The molecule has 39 heavy (non-hydrogen) atoms. The number of aryl methyl sites for hydroxylation is 1. The number of amides is 1. The Morgan fingerprint density at radius 1 is 1.03 bits per heavy atom. The number of methoxy groups -OCH3 is 2. The van der Waals surface area contributed by atoms with Gasteiger partial charge in [-0.15, -0.1) is 0 Å². The molecule has 0 saturated carbocycles. The molecule has 0 atom stereocenters. The van der Waals surface area contributed by atoms with Crippen molar-refractivity contribution in [1.82, 2.24) is 0 Å². The predicted octanol–water partition coefficient (Wildman–Crippen LogP) is 6.54. The molecule has 8 nitrogen and oxygen atoms in total. The number of anilines is 3. The molecular weight excluding hydrogens is 562 g/mol. The third-order valence-corrected chi connectivity index (χ3v) is 7.33. The number of hydrogen-bond donors (Lipinski definition) is 2. The van der Waals surface area contributed by atoms with Crippen LogP contribution in [0.15, 0.2) is 65.1 Å². The molecule has 3 aromatic carbocycles. The molecule has 1 aliphatic heterocycles. The number of carboxylic acids is 1. The first-order valence-electron chi connectivity index (χ1n) is 12.7. The topological polar surface area (TPSA) is 91.3 Å². The number of hydrogen-bond acceptors (Lipinski definition) is 6. The summed E-state index contributed by atoms with van der Waals surface area (Å²) in [4.78, 5) is 27.8. The van der Waals surface area contributed by atoms with E-state index < -0.39 is 5.97 Å². The van der Waals surface area contributed by atoms with E-state index in [1.54, 1.807) is 24.3 Å². The Labute approximate surface area is 236 Å². The first-order chi connectivity index (χ1) is 18.8. The van der Waals surface area contributed by atoms with Crippen molar-refractivity contribution in [3.8, 4) is 11.5 Å². The fourth-order valence-electron chi connectivity index (χ4n) is 4.61. The highest BCUT2D eigenvalue weighted by atomic mass is 79.9. The fraction of sp³-hybridized carbons (Fsp3) is 0.267. The number of nitrogens with zero attached hydrogens (tertiary/aromatic N) is 2. The Morgan fingerprint density at radius 2 is 1.74 bits per heavy atom. The normalized spacial score (nSPS) is 13.3. The average molecular weight is 595 g/mol. The van der Waals surface area contributed by atoms with E-state index in [4.69, 9.17) is 9.47 Å². The van der Waals surface area contributed by atoms with Gasteiger partial charge in [0.25, 0.3) is 5.91 Å². The molecule has 9 heteroatoms. The molecule has 0 aromatic heterocycles. The number of piperidine rings is 1. The molecule has 1 aliphatic rings. The van der Waals surface area contributed by atoms with Crippen molar-refractivity contribution >= 4 is 50.9 Å². The monoisotopic (exact) mass is 593 g/mol. The van der Waals surface area contributed by atoms with Gasteiger partial charge in [0.15, 0.2) is 0 Å². The second-order valence-corrected chi connectivity index (χ2v) is 10.1. The molecule has 0 spiro atoms. The number of carbonyl (C=O) groups is 2. The number of halogens is 1. The van der Waals surface area contributed by atoms with Crippen molar-refractivity contribution in [3.63, 3.8) is 0 Å². The van der Waals surface area contributed by atoms with Crippen LogP contribution >= 0.6 is 15.9 Å². The summed E-state index contributed by atoms with van der Waals surface area (Å²) in [5.41, 5.74) is 7.38. The van der Waals surface area contributed by atoms with E-state index in [0.717, 1.165) is 48.6 Å². The lowest BCUT2D eigenvalue weighted by atomic mass is 10.1. The van der Waals surface area contributed by atoms with Gasteiger partial charge in [0, 0.05) is 23.6 Å². The summed E-state index contributed by atoms with van der Waals surface area (Å²) < 4.78 is 11.1. The number of rotatable bonds is 9. The van der Waals surface area contributed by atoms with Crippen LogP contribution in [0.2, 0.25) is 0 Å². The highest BCUT2D eigenvalue weighted by Crippen LogP contribution is 2.36.